The third kappa shape index (κ3) is 11.5. The zero-order valence-electron chi connectivity index (χ0n) is 38.1. The number of benzene rings is 4. The molecule has 3 saturated heterocycles. The quantitative estimate of drug-likeness (QED) is 0.0982. The van der Waals surface area contributed by atoms with E-state index in [4.69, 9.17) is 27.9 Å². The number of rotatable bonds is 8. The summed E-state index contributed by atoms with van der Waals surface area (Å²) in [5.41, 5.74) is -3.15. The standard InChI is InChI=1S/C19H18BF5O3.C13H6BrF5O.C12H24B2O4/c1-17(2)18(3,4)28-20(27-17)12-7-5-11(6-8-12)19(24,25)26-13-9-14(21)16(23)15(22)10-13;14-8-3-1-7(2-4-8)13(18,19)20-9-5-10(15)12(17)11(16)6-9;1-9(2)10(3,4)16-13(15-9)14-17-11(5,6)12(7,8)18-14/h5-10H,1-4H3;1-6H;1-8H3. The van der Waals surface area contributed by atoms with Gasteiger partial charge in [-0.15, -0.1) is 0 Å². The molecule has 0 aromatic heterocycles. The zero-order valence-corrected chi connectivity index (χ0v) is 39.7. The molecule has 3 fully saturated rings. The first-order valence-corrected chi connectivity index (χ1v) is 21.2. The van der Waals surface area contributed by atoms with Crippen LogP contribution in [0.25, 0.3) is 0 Å². The SMILES string of the molecule is CC1(C)OB(B2OC(C)(C)C(C)(C)O2)OC1(C)C.CC1(C)OB(c2ccc(C(F)(F)Oc3cc(F)c(F)c(F)c3)cc2)OC1(C)C.Fc1cc(OC(F)(F)c2ccc(Br)cc2)cc(F)c1F. The predicted molar refractivity (Wildman–Crippen MR) is 230 cm³/mol. The lowest BCUT2D eigenvalue weighted by Crippen LogP contribution is -2.41. The van der Waals surface area contributed by atoms with Crippen LogP contribution in [-0.4, -0.2) is 54.7 Å². The lowest BCUT2D eigenvalue weighted by atomic mass is 9.49. The molecule has 0 N–H and O–H groups in total. The Morgan fingerprint density at radius 1 is 0.424 bits per heavy atom. The fourth-order valence-electron chi connectivity index (χ4n) is 6.05. The Balaban J connectivity index is 0.000000192. The molecule has 0 atom stereocenters. The molecule has 0 radical (unpaired) electrons. The summed E-state index contributed by atoms with van der Waals surface area (Å²) < 4.78 is 179. The van der Waals surface area contributed by atoms with Crippen molar-refractivity contribution in [1.82, 2.24) is 0 Å². The van der Waals surface area contributed by atoms with Gasteiger partial charge in [-0.05, 0) is 125 Å². The molecule has 358 valence electrons. The van der Waals surface area contributed by atoms with E-state index in [2.05, 4.69) is 25.4 Å². The monoisotopic (exact) mass is 1010 g/mol. The Labute approximate surface area is 386 Å². The van der Waals surface area contributed by atoms with E-state index in [1.165, 1.54) is 24.3 Å². The van der Waals surface area contributed by atoms with Crippen molar-refractivity contribution in [2.75, 3.05) is 0 Å². The average molecular weight is 1010 g/mol. The van der Waals surface area contributed by atoms with Gasteiger partial charge in [0.05, 0.1) is 44.7 Å². The molecule has 3 aliphatic heterocycles. The van der Waals surface area contributed by atoms with Gasteiger partial charge in [-0.3, -0.25) is 0 Å². The van der Waals surface area contributed by atoms with E-state index in [0.717, 1.165) is 24.3 Å². The molecule has 4 aromatic carbocycles. The lowest BCUT2D eigenvalue weighted by molar-refractivity contribution is -0.186. The van der Waals surface area contributed by atoms with Crippen molar-refractivity contribution < 1.29 is 81.3 Å². The van der Waals surface area contributed by atoms with Crippen molar-refractivity contribution in [3.05, 3.63) is 123 Å². The van der Waals surface area contributed by atoms with E-state index in [0.29, 0.717) is 34.2 Å². The Hall–Kier alpha value is -3.79. The van der Waals surface area contributed by atoms with Crippen LogP contribution in [0.3, 0.4) is 0 Å². The van der Waals surface area contributed by atoms with Gasteiger partial charge in [-0.1, -0.05) is 28.1 Å². The zero-order chi connectivity index (χ0) is 49.8. The second kappa shape index (κ2) is 18.6. The molecule has 3 heterocycles. The van der Waals surface area contributed by atoms with Gasteiger partial charge in [0.1, 0.15) is 11.5 Å². The molecule has 66 heavy (non-hydrogen) atoms. The Bertz CT molecular complexity index is 2240. The molecular formula is C44H48B3BrF10O8. The van der Waals surface area contributed by atoms with E-state index in [9.17, 15) is 43.9 Å². The van der Waals surface area contributed by atoms with Crippen LogP contribution in [0.2, 0.25) is 0 Å². The van der Waals surface area contributed by atoms with E-state index in [1.54, 1.807) is 0 Å². The maximum atomic E-state index is 14.3. The van der Waals surface area contributed by atoms with Crippen LogP contribution in [0.4, 0.5) is 43.9 Å². The molecule has 0 amide bonds. The van der Waals surface area contributed by atoms with E-state index >= 15 is 0 Å². The highest BCUT2D eigenvalue weighted by Gasteiger charge is 2.64. The van der Waals surface area contributed by atoms with E-state index < -0.39 is 102 Å². The molecule has 4 aromatic rings. The van der Waals surface area contributed by atoms with Crippen LogP contribution in [0.5, 0.6) is 11.5 Å². The minimum atomic E-state index is -3.90. The summed E-state index contributed by atoms with van der Waals surface area (Å²) in [6.07, 6.45) is -7.71. The van der Waals surface area contributed by atoms with E-state index in [-0.39, 0.29) is 22.4 Å². The van der Waals surface area contributed by atoms with Crippen molar-refractivity contribution in [3.8, 4) is 11.5 Å². The summed E-state index contributed by atoms with van der Waals surface area (Å²) in [6.45, 7) is 23.7. The van der Waals surface area contributed by atoms with Crippen molar-refractivity contribution in [3.63, 3.8) is 0 Å². The first kappa shape index (κ1) is 53.2. The van der Waals surface area contributed by atoms with Crippen LogP contribution in [0.1, 0.15) is 94.2 Å². The smallest absolute Gasteiger partial charge is 0.429 e. The topological polar surface area (TPSA) is 73.8 Å². The van der Waals surface area contributed by atoms with Crippen LogP contribution in [-0.2, 0) is 40.1 Å². The van der Waals surface area contributed by atoms with Crippen molar-refractivity contribution >= 4 is 42.5 Å². The van der Waals surface area contributed by atoms with Gasteiger partial charge in [-0.2, -0.15) is 17.6 Å². The normalized spacial score (nSPS) is 20.0. The predicted octanol–water partition coefficient (Wildman–Crippen LogP) is 11.8. The first-order chi connectivity index (χ1) is 30.0. The number of halogens is 11. The van der Waals surface area contributed by atoms with Gasteiger partial charge in [-0.25, -0.2) is 26.3 Å². The van der Waals surface area contributed by atoms with Crippen LogP contribution >= 0.6 is 15.9 Å². The van der Waals surface area contributed by atoms with Gasteiger partial charge < -0.3 is 37.4 Å². The Kier molecular flexibility index (Phi) is 15.0. The summed E-state index contributed by atoms with van der Waals surface area (Å²) in [5, 5.41) is 0. The Morgan fingerprint density at radius 3 is 0.970 bits per heavy atom. The van der Waals surface area contributed by atoms with Gasteiger partial charge in [0.2, 0.25) is 0 Å². The molecule has 0 bridgehead atoms. The van der Waals surface area contributed by atoms with E-state index in [1.807, 2.05) is 83.1 Å². The van der Waals surface area contributed by atoms with Gasteiger partial charge in [0, 0.05) is 28.7 Å². The van der Waals surface area contributed by atoms with Crippen molar-refractivity contribution in [1.29, 1.82) is 0 Å². The van der Waals surface area contributed by atoms with Gasteiger partial charge >= 0.3 is 33.4 Å². The van der Waals surface area contributed by atoms with Crippen LogP contribution < -0.4 is 14.9 Å². The fraction of sp³-hybridized carbons (Fsp3) is 0.455. The number of alkyl halides is 4. The second-order valence-electron chi connectivity index (χ2n) is 18.6. The molecule has 0 aliphatic carbocycles. The van der Waals surface area contributed by atoms with Crippen molar-refractivity contribution in [2.24, 2.45) is 0 Å². The van der Waals surface area contributed by atoms with Crippen LogP contribution in [0, 0.1) is 34.9 Å². The molecule has 22 heteroatoms. The van der Waals surface area contributed by atoms with Gasteiger partial charge in [0.15, 0.2) is 34.9 Å². The minimum Gasteiger partial charge on any atom is -0.429 e. The molecule has 3 aliphatic rings. The largest absolute Gasteiger partial charge is 0.494 e. The summed E-state index contributed by atoms with van der Waals surface area (Å²) in [4.78, 5) is 0. The maximum absolute atomic E-state index is 14.3. The van der Waals surface area contributed by atoms with Crippen molar-refractivity contribution in [2.45, 2.75) is 129 Å². The second-order valence-corrected chi connectivity index (χ2v) is 19.5. The fourth-order valence-corrected chi connectivity index (χ4v) is 6.32. The molecule has 8 nitrogen and oxygen atoms in total. The lowest BCUT2D eigenvalue weighted by Gasteiger charge is -2.32. The third-order valence-corrected chi connectivity index (χ3v) is 12.7. The highest BCUT2D eigenvalue weighted by Crippen LogP contribution is 2.43. The maximum Gasteiger partial charge on any atom is 0.494 e. The molecule has 0 saturated carbocycles. The number of ether oxygens (including phenoxy) is 2. The summed E-state index contributed by atoms with van der Waals surface area (Å²) in [5.74, 6) is -11.6. The summed E-state index contributed by atoms with van der Waals surface area (Å²) in [7, 11) is -1.68. The Morgan fingerprint density at radius 2 is 0.682 bits per heavy atom. The van der Waals surface area contributed by atoms with Crippen LogP contribution in [0.15, 0.2) is 77.3 Å². The molecule has 0 unspecified atom stereocenters. The minimum absolute atomic E-state index is 0.352. The highest BCUT2D eigenvalue weighted by atomic mass is 79.9. The molecule has 7 rings (SSSR count). The third-order valence-electron chi connectivity index (χ3n) is 12.1. The highest BCUT2D eigenvalue weighted by molar-refractivity contribution is 9.10. The molecule has 0 spiro atoms. The summed E-state index contributed by atoms with van der Waals surface area (Å²) >= 11 is 3.08. The number of hydrogen-bond acceptors (Lipinski definition) is 8. The first-order valence-electron chi connectivity index (χ1n) is 20.4. The van der Waals surface area contributed by atoms with Gasteiger partial charge in [0.25, 0.3) is 0 Å². The average Bonchev–Trinajstić information content (AvgIpc) is 3.65. The molecular weight excluding hydrogens is 959 g/mol. The summed E-state index contributed by atoms with van der Waals surface area (Å²) in [6, 6.07) is 11.3. The number of hydrogen-bond donors (Lipinski definition) is 0.